The molecule has 0 saturated heterocycles. The molecule has 5 nitrogen and oxygen atoms in total. The summed E-state index contributed by atoms with van der Waals surface area (Å²) < 4.78 is 0. The zero-order chi connectivity index (χ0) is 13.2. The van der Waals surface area contributed by atoms with Gasteiger partial charge in [-0.2, -0.15) is 10.1 Å². The van der Waals surface area contributed by atoms with Crippen LogP contribution in [0, 0.1) is 0 Å². The Morgan fingerprint density at radius 1 is 1.21 bits per heavy atom. The van der Waals surface area contributed by atoms with E-state index in [0.717, 1.165) is 12.8 Å². The number of anilines is 3. The SMILES string of the molecule is Clc1ccc(Cl)c(Nc2cnnc(NC3CC3)n2)c1. The van der Waals surface area contributed by atoms with Gasteiger partial charge in [-0.05, 0) is 31.0 Å². The highest BCUT2D eigenvalue weighted by molar-refractivity contribution is 6.35. The predicted octanol–water partition coefficient (Wildman–Crippen LogP) is 3.50. The first-order valence-electron chi connectivity index (χ1n) is 5.89. The third-order valence-electron chi connectivity index (χ3n) is 2.66. The standard InChI is InChI=1S/C12H11Cl2N5/c13-7-1-4-9(14)10(5-7)17-11-6-15-19-12(18-11)16-8-2-3-8/h1,4-6,8H,2-3H2,(H2,16,17,18,19). The zero-order valence-electron chi connectivity index (χ0n) is 9.90. The number of benzene rings is 1. The van der Waals surface area contributed by atoms with Crippen LogP contribution in [0.4, 0.5) is 17.5 Å². The zero-order valence-corrected chi connectivity index (χ0v) is 11.4. The van der Waals surface area contributed by atoms with Crippen molar-refractivity contribution in [3.05, 3.63) is 34.4 Å². The Morgan fingerprint density at radius 2 is 2.05 bits per heavy atom. The van der Waals surface area contributed by atoms with Gasteiger partial charge in [0.05, 0.1) is 16.9 Å². The van der Waals surface area contributed by atoms with Crippen LogP contribution in [0.1, 0.15) is 12.8 Å². The highest BCUT2D eigenvalue weighted by Crippen LogP contribution is 2.28. The maximum atomic E-state index is 6.08. The molecule has 0 spiro atoms. The van der Waals surface area contributed by atoms with Gasteiger partial charge in [-0.25, -0.2) is 0 Å². The molecule has 0 radical (unpaired) electrons. The molecule has 0 unspecified atom stereocenters. The van der Waals surface area contributed by atoms with E-state index in [1.54, 1.807) is 18.2 Å². The number of hydrogen-bond donors (Lipinski definition) is 2. The van der Waals surface area contributed by atoms with Gasteiger partial charge in [0.15, 0.2) is 5.82 Å². The molecule has 1 aliphatic carbocycles. The molecular weight excluding hydrogens is 285 g/mol. The van der Waals surface area contributed by atoms with Gasteiger partial charge in [0.1, 0.15) is 0 Å². The molecule has 7 heteroatoms. The van der Waals surface area contributed by atoms with Crippen molar-refractivity contribution in [1.29, 1.82) is 0 Å². The Morgan fingerprint density at radius 3 is 2.84 bits per heavy atom. The summed E-state index contributed by atoms with van der Waals surface area (Å²) in [6.45, 7) is 0. The maximum Gasteiger partial charge on any atom is 0.244 e. The highest BCUT2D eigenvalue weighted by atomic mass is 35.5. The summed E-state index contributed by atoms with van der Waals surface area (Å²) in [5, 5.41) is 15.3. The minimum absolute atomic E-state index is 0.479. The Hall–Kier alpha value is -1.59. The first-order chi connectivity index (χ1) is 9.20. The molecule has 0 amide bonds. The van der Waals surface area contributed by atoms with E-state index < -0.39 is 0 Å². The van der Waals surface area contributed by atoms with Gasteiger partial charge in [0, 0.05) is 11.1 Å². The number of aromatic nitrogens is 3. The molecule has 1 fully saturated rings. The molecule has 2 N–H and O–H groups in total. The number of rotatable bonds is 4. The average molecular weight is 296 g/mol. The predicted molar refractivity (Wildman–Crippen MR) is 76.2 cm³/mol. The second-order valence-electron chi connectivity index (χ2n) is 4.33. The molecule has 1 aromatic heterocycles. The molecule has 1 aliphatic rings. The fraction of sp³-hybridized carbons (Fsp3) is 0.250. The lowest BCUT2D eigenvalue weighted by atomic mass is 10.3. The topological polar surface area (TPSA) is 62.7 Å². The normalized spacial score (nSPS) is 14.2. The molecule has 0 bridgehead atoms. The van der Waals surface area contributed by atoms with E-state index in [4.69, 9.17) is 23.2 Å². The third-order valence-corrected chi connectivity index (χ3v) is 3.23. The largest absolute Gasteiger partial charge is 0.350 e. The van der Waals surface area contributed by atoms with Crippen LogP contribution in [0.2, 0.25) is 10.0 Å². The summed E-state index contributed by atoms with van der Waals surface area (Å²) in [4.78, 5) is 4.32. The molecule has 1 saturated carbocycles. The molecule has 1 heterocycles. The number of halogens is 2. The Labute approximate surface area is 120 Å². The van der Waals surface area contributed by atoms with E-state index in [1.807, 2.05) is 0 Å². The lowest BCUT2D eigenvalue weighted by molar-refractivity contribution is 0.947. The van der Waals surface area contributed by atoms with Crippen molar-refractivity contribution in [2.75, 3.05) is 10.6 Å². The molecule has 98 valence electrons. The van der Waals surface area contributed by atoms with Gasteiger partial charge in [-0.15, -0.1) is 5.10 Å². The van der Waals surface area contributed by atoms with Gasteiger partial charge in [0.25, 0.3) is 0 Å². The van der Waals surface area contributed by atoms with Crippen molar-refractivity contribution >= 4 is 40.7 Å². The van der Waals surface area contributed by atoms with Crippen molar-refractivity contribution in [2.24, 2.45) is 0 Å². The maximum absolute atomic E-state index is 6.08. The van der Waals surface area contributed by atoms with Gasteiger partial charge in [-0.1, -0.05) is 23.2 Å². The second kappa shape index (κ2) is 5.19. The molecule has 19 heavy (non-hydrogen) atoms. The van der Waals surface area contributed by atoms with Crippen molar-refractivity contribution in [2.45, 2.75) is 18.9 Å². The van der Waals surface area contributed by atoms with Crippen LogP contribution in [0.5, 0.6) is 0 Å². The van der Waals surface area contributed by atoms with Crippen molar-refractivity contribution < 1.29 is 0 Å². The van der Waals surface area contributed by atoms with E-state index in [0.29, 0.717) is 33.5 Å². The van der Waals surface area contributed by atoms with Crippen LogP contribution in [-0.4, -0.2) is 21.2 Å². The van der Waals surface area contributed by atoms with Crippen LogP contribution >= 0.6 is 23.2 Å². The Bertz CT molecular complexity index is 600. The van der Waals surface area contributed by atoms with Crippen LogP contribution in [0.25, 0.3) is 0 Å². The van der Waals surface area contributed by atoms with Crippen molar-refractivity contribution in [3.8, 4) is 0 Å². The van der Waals surface area contributed by atoms with Crippen molar-refractivity contribution in [1.82, 2.24) is 15.2 Å². The summed E-state index contributed by atoms with van der Waals surface area (Å²) in [6, 6.07) is 5.67. The van der Waals surface area contributed by atoms with Gasteiger partial charge >= 0.3 is 0 Å². The highest BCUT2D eigenvalue weighted by Gasteiger charge is 2.22. The van der Waals surface area contributed by atoms with E-state index in [-0.39, 0.29) is 0 Å². The summed E-state index contributed by atoms with van der Waals surface area (Å²) in [7, 11) is 0. The molecule has 0 atom stereocenters. The van der Waals surface area contributed by atoms with Crippen LogP contribution in [0.3, 0.4) is 0 Å². The van der Waals surface area contributed by atoms with Crippen LogP contribution in [0.15, 0.2) is 24.4 Å². The average Bonchev–Trinajstić information content (AvgIpc) is 3.18. The molecule has 2 aromatic rings. The van der Waals surface area contributed by atoms with E-state index in [2.05, 4.69) is 25.8 Å². The fourth-order valence-electron chi connectivity index (χ4n) is 1.57. The molecule has 1 aromatic carbocycles. The lowest BCUT2D eigenvalue weighted by Gasteiger charge is -2.08. The molecule has 0 aliphatic heterocycles. The summed E-state index contributed by atoms with van der Waals surface area (Å²) in [6.07, 6.45) is 3.84. The number of nitrogens with zero attached hydrogens (tertiary/aromatic N) is 3. The van der Waals surface area contributed by atoms with E-state index in [1.165, 1.54) is 6.20 Å². The monoisotopic (exact) mass is 295 g/mol. The summed E-state index contributed by atoms with van der Waals surface area (Å²) in [5.74, 6) is 1.09. The minimum Gasteiger partial charge on any atom is -0.350 e. The van der Waals surface area contributed by atoms with Crippen molar-refractivity contribution in [3.63, 3.8) is 0 Å². The molecular formula is C12H11Cl2N5. The van der Waals surface area contributed by atoms with Gasteiger partial charge < -0.3 is 10.6 Å². The number of nitrogens with one attached hydrogen (secondary N) is 2. The summed E-state index contributed by atoms with van der Waals surface area (Å²) in [5.41, 5.74) is 0.687. The Balaban J connectivity index is 1.79. The second-order valence-corrected chi connectivity index (χ2v) is 5.18. The van der Waals surface area contributed by atoms with Gasteiger partial charge in [0.2, 0.25) is 5.95 Å². The van der Waals surface area contributed by atoms with E-state index >= 15 is 0 Å². The number of hydrogen-bond acceptors (Lipinski definition) is 5. The van der Waals surface area contributed by atoms with E-state index in [9.17, 15) is 0 Å². The van der Waals surface area contributed by atoms with Gasteiger partial charge in [-0.3, -0.25) is 0 Å². The van der Waals surface area contributed by atoms with Crippen LogP contribution in [-0.2, 0) is 0 Å². The third kappa shape index (κ3) is 3.24. The smallest absolute Gasteiger partial charge is 0.244 e. The first-order valence-corrected chi connectivity index (χ1v) is 6.64. The summed E-state index contributed by atoms with van der Waals surface area (Å²) >= 11 is 12.0. The fourth-order valence-corrected chi connectivity index (χ4v) is 1.90. The first kappa shape index (κ1) is 12.4. The lowest BCUT2D eigenvalue weighted by Crippen LogP contribution is -2.07. The molecule has 3 rings (SSSR count). The minimum atomic E-state index is 0.479. The quantitative estimate of drug-likeness (QED) is 0.904. The Kier molecular flexibility index (Phi) is 3.40. The van der Waals surface area contributed by atoms with Crippen LogP contribution < -0.4 is 10.6 Å².